The molecule has 1 heterocycles. The molecule has 3 rings (SSSR count). The van der Waals surface area contributed by atoms with Crippen LogP contribution in [0, 0.1) is 10.1 Å². The van der Waals surface area contributed by atoms with Gasteiger partial charge in [0.2, 0.25) is 0 Å². The average Bonchev–Trinajstić information content (AvgIpc) is 3.22. The number of likely N-dealkylation sites (tertiary alicyclic amines) is 1. The number of nitrogens with one attached hydrogen (secondary N) is 1. The van der Waals surface area contributed by atoms with Crippen molar-refractivity contribution in [1.82, 2.24) is 4.90 Å². The lowest BCUT2D eigenvalue weighted by molar-refractivity contribution is -0.384. The number of rotatable bonds is 5. The average molecular weight is 339 g/mol. The largest absolute Gasteiger partial charge is 0.375 e. The molecule has 1 saturated carbocycles. The van der Waals surface area contributed by atoms with Crippen LogP contribution in [0.1, 0.15) is 26.2 Å². The van der Waals surface area contributed by atoms with Crippen LogP contribution in [-0.4, -0.2) is 49.2 Å². The number of nitro groups is 1. The third kappa shape index (κ3) is 3.48. The number of nitro benzene ring substituents is 1. The Bertz CT molecular complexity index is 730. The van der Waals surface area contributed by atoms with Gasteiger partial charge in [-0.05, 0) is 38.3 Å². The molecule has 0 amide bonds. The fourth-order valence-corrected chi connectivity index (χ4v) is 3.95. The van der Waals surface area contributed by atoms with Crippen molar-refractivity contribution < 1.29 is 13.3 Å². The molecule has 126 valence electrons. The molecule has 0 spiro atoms. The van der Waals surface area contributed by atoms with Crippen LogP contribution >= 0.6 is 0 Å². The van der Waals surface area contributed by atoms with Gasteiger partial charge in [0.1, 0.15) is 5.69 Å². The van der Waals surface area contributed by atoms with Crippen molar-refractivity contribution in [2.75, 3.05) is 18.1 Å². The molecule has 8 heteroatoms. The van der Waals surface area contributed by atoms with E-state index in [2.05, 4.69) is 17.1 Å². The summed E-state index contributed by atoms with van der Waals surface area (Å²) >= 11 is 0. The van der Waals surface area contributed by atoms with E-state index in [1.807, 2.05) is 0 Å². The monoisotopic (exact) mass is 339 g/mol. The summed E-state index contributed by atoms with van der Waals surface area (Å²) in [5.74, 6) is 0. The highest BCUT2D eigenvalue weighted by Gasteiger charge is 2.39. The second-order valence-electron chi connectivity index (χ2n) is 6.56. The lowest BCUT2D eigenvalue weighted by Gasteiger charge is -2.20. The van der Waals surface area contributed by atoms with Crippen LogP contribution in [0.15, 0.2) is 23.1 Å². The molecule has 1 N–H and O–H groups in total. The predicted octanol–water partition coefficient (Wildman–Crippen LogP) is 2.04. The van der Waals surface area contributed by atoms with Gasteiger partial charge in [-0.25, -0.2) is 8.42 Å². The highest BCUT2D eigenvalue weighted by atomic mass is 32.2. The van der Waals surface area contributed by atoms with E-state index in [4.69, 9.17) is 0 Å². The first-order chi connectivity index (χ1) is 10.8. The Labute approximate surface area is 135 Å². The molecule has 1 aliphatic carbocycles. The van der Waals surface area contributed by atoms with Gasteiger partial charge >= 0.3 is 0 Å². The molecule has 2 fully saturated rings. The van der Waals surface area contributed by atoms with Crippen LogP contribution in [0.2, 0.25) is 0 Å². The molecule has 0 radical (unpaired) electrons. The van der Waals surface area contributed by atoms with Crippen LogP contribution in [0.4, 0.5) is 11.4 Å². The maximum absolute atomic E-state index is 11.6. The summed E-state index contributed by atoms with van der Waals surface area (Å²) in [5, 5.41) is 14.5. The number of hydrogen-bond acceptors (Lipinski definition) is 6. The van der Waals surface area contributed by atoms with Gasteiger partial charge in [-0.1, -0.05) is 0 Å². The van der Waals surface area contributed by atoms with Crippen LogP contribution in [0.3, 0.4) is 0 Å². The third-order valence-corrected chi connectivity index (χ3v) is 5.70. The van der Waals surface area contributed by atoms with E-state index < -0.39 is 14.8 Å². The van der Waals surface area contributed by atoms with Gasteiger partial charge < -0.3 is 5.32 Å². The molecule has 1 aliphatic heterocycles. The van der Waals surface area contributed by atoms with Gasteiger partial charge in [0.15, 0.2) is 9.84 Å². The van der Waals surface area contributed by atoms with Crippen molar-refractivity contribution in [3.8, 4) is 0 Å². The molecule has 1 saturated heterocycles. The standard InChI is InChI=1S/C15H21N3O4S/c1-10-7-11(9-17(10)12-3-4-12)16-14-6-5-13(23(2,21)22)8-15(14)18(19)20/h5-6,8,10-12,16H,3-4,7,9H2,1-2H3. The molecule has 2 unspecified atom stereocenters. The van der Waals surface area contributed by atoms with E-state index in [1.54, 1.807) is 0 Å². The Hall–Kier alpha value is -1.67. The highest BCUT2D eigenvalue weighted by Crippen LogP contribution is 2.35. The maximum Gasteiger partial charge on any atom is 0.293 e. The number of hydrogen-bond donors (Lipinski definition) is 1. The van der Waals surface area contributed by atoms with Crippen molar-refractivity contribution in [2.24, 2.45) is 0 Å². The SMILES string of the molecule is CC1CC(Nc2ccc(S(C)(=O)=O)cc2[N+](=O)[O-])CN1C1CC1. The number of benzene rings is 1. The van der Waals surface area contributed by atoms with E-state index in [1.165, 1.54) is 25.0 Å². The van der Waals surface area contributed by atoms with Gasteiger partial charge in [-0.3, -0.25) is 15.0 Å². The van der Waals surface area contributed by atoms with Crippen LogP contribution in [0.25, 0.3) is 0 Å². The Morgan fingerprint density at radius 1 is 1.35 bits per heavy atom. The Kier molecular flexibility index (Phi) is 4.05. The molecular formula is C15H21N3O4S. The summed E-state index contributed by atoms with van der Waals surface area (Å²) in [5.41, 5.74) is 0.197. The van der Waals surface area contributed by atoms with Crippen molar-refractivity contribution in [2.45, 2.75) is 49.2 Å². The van der Waals surface area contributed by atoms with Crippen molar-refractivity contribution in [3.63, 3.8) is 0 Å². The predicted molar refractivity (Wildman–Crippen MR) is 87.4 cm³/mol. The Morgan fingerprint density at radius 2 is 2.04 bits per heavy atom. The molecule has 1 aromatic carbocycles. The van der Waals surface area contributed by atoms with E-state index in [9.17, 15) is 18.5 Å². The summed E-state index contributed by atoms with van der Waals surface area (Å²) in [6.45, 7) is 3.05. The maximum atomic E-state index is 11.6. The van der Waals surface area contributed by atoms with Crippen molar-refractivity contribution >= 4 is 21.2 Å². The van der Waals surface area contributed by atoms with Crippen LogP contribution in [-0.2, 0) is 9.84 Å². The summed E-state index contributed by atoms with van der Waals surface area (Å²) in [6, 6.07) is 5.33. The zero-order valence-corrected chi connectivity index (χ0v) is 14.0. The minimum atomic E-state index is -3.46. The molecule has 0 bridgehead atoms. The van der Waals surface area contributed by atoms with E-state index in [-0.39, 0.29) is 16.6 Å². The smallest absolute Gasteiger partial charge is 0.293 e. The molecular weight excluding hydrogens is 318 g/mol. The zero-order valence-electron chi connectivity index (χ0n) is 13.2. The molecule has 1 aromatic rings. The van der Waals surface area contributed by atoms with E-state index >= 15 is 0 Å². The van der Waals surface area contributed by atoms with Gasteiger partial charge in [0.05, 0.1) is 9.82 Å². The molecule has 7 nitrogen and oxygen atoms in total. The van der Waals surface area contributed by atoms with E-state index in [0.29, 0.717) is 17.8 Å². The lowest BCUT2D eigenvalue weighted by Crippen LogP contribution is -2.31. The fourth-order valence-electron chi connectivity index (χ4n) is 3.31. The summed E-state index contributed by atoms with van der Waals surface area (Å²) < 4.78 is 23.2. The van der Waals surface area contributed by atoms with Gasteiger partial charge in [0.25, 0.3) is 5.69 Å². The lowest BCUT2D eigenvalue weighted by atomic mass is 10.1. The third-order valence-electron chi connectivity index (χ3n) is 4.59. The van der Waals surface area contributed by atoms with Gasteiger partial charge in [-0.15, -0.1) is 0 Å². The van der Waals surface area contributed by atoms with E-state index in [0.717, 1.165) is 25.3 Å². The quantitative estimate of drug-likeness (QED) is 0.652. The van der Waals surface area contributed by atoms with Crippen molar-refractivity contribution in [3.05, 3.63) is 28.3 Å². The first-order valence-corrected chi connectivity index (χ1v) is 9.65. The van der Waals surface area contributed by atoms with Crippen LogP contribution in [0.5, 0.6) is 0 Å². The Morgan fingerprint density at radius 3 is 2.61 bits per heavy atom. The fraction of sp³-hybridized carbons (Fsp3) is 0.600. The molecule has 23 heavy (non-hydrogen) atoms. The first-order valence-electron chi connectivity index (χ1n) is 7.76. The Balaban J connectivity index is 1.81. The normalized spacial score (nSPS) is 25.5. The van der Waals surface area contributed by atoms with Crippen LogP contribution < -0.4 is 5.32 Å². The molecule has 2 atom stereocenters. The van der Waals surface area contributed by atoms with Crippen molar-refractivity contribution in [1.29, 1.82) is 0 Å². The number of anilines is 1. The second-order valence-corrected chi connectivity index (χ2v) is 8.58. The highest BCUT2D eigenvalue weighted by molar-refractivity contribution is 7.90. The summed E-state index contributed by atoms with van der Waals surface area (Å²) in [6.07, 6.45) is 4.45. The minimum absolute atomic E-state index is 0.0332. The topological polar surface area (TPSA) is 92.5 Å². The zero-order chi connectivity index (χ0) is 16.8. The summed E-state index contributed by atoms with van der Waals surface area (Å²) in [4.78, 5) is 13.2. The summed E-state index contributed by atoms with van der Waals surface area (Å²) in [7, 11) is -3.46. The first kappa shape index (κ1) is 16.2. The molecule has 2 aliphatic rings. The molecule has 0 aromatic heterocycles. The minimum Gasteiger partial charge on any atom is -0.375 e. The van der Waals surface area contributed by atoms with Gasteiger partial charge in [-0.2, -0.15) is 0 Å². The number of sulfone groups is 1. The second kappa shape index (κ2) is 5.76. The number of nitrogens with zero attached hydrogens (tertiary/aromatic N) is 2. The van der Waals surface area contributed by atoms with Gasteiger partial charge in [0, 0.05) is 37.0 Å².